The summed E-state index contributed by atoms with van der Waals surface area (Å²) in [4.78, 5) is 17.4. The van der Waals surface area contributed by atoms with Crippen molar-refractivity contribution < 1.29 is 4.79 Å². The molecule has 1 heterocycles. The number of anilines is 1. The Morgan fingerprint density at radius 3 is 2.67 bits per heavy atom. The van der Waals surface area contributed by atoms with E-state index in [4.69, 9.17) is 5.73 Å². The van der Waals surface area contributed by atoms with Gasteiger partial charge in [-0.1, -0.05) is 13.8 Å². The van der Waals surface area contributed by atoms with Gasteiger partial charge in [0.25, 0.3) is 0 Å². The first-order chi connectivity index (χ1) is 7.04. The Morgan fingerprint density at radius 1 is 1.53 bits per heavy atom. The molecule has 1 aromatic rings. The number of amides is 1. The van der Waals surface area contributed by atoms with E-state index >= 15 is 0 Å². The van der Waals surface area contributed by atoms with E-state index in [0.717, 1.165) is 5.69 Å². The number of pyridine rings is 1. The van der Waals surface area contributed by atoms with Crippen LogP contribution in [0.3, 0.4) is 0 Å². The molecule has 4 nitrogen and oxygen atoms in total. The summed E-state index contributed by atoms with van der Waals surface area (Å²) in [5, 5.41) is 0. The van der Waals surface area contributed by atoms with Gasteiger partial charge in [-0.25, -0.2) is 0 Å². The number of carbonyl (C=O) groups excluding carboxylic acids is 1. The van der Waals surface area contributed by atoms with Gasteiger partial charge in [-0.05, 0) is 18.1 Å². The number of nitrogens with two attached hydrogens (primary N) is 1. The molecule has 2 N–H and O–H groups in total. The van der Waals surface area contributed by atoms with Crippen LogP contribution in [-0.2, 0) is 4.79 Å². The zero-order valence-electron chi connectivity index (χ0n) is 9.34. The molecule has 82 valence electrons. The van der Waals surface area contributed by atoms with E-state index in [9.17, 15) is 4.79 Å². The zero-order valence-corrected chi connectivity index (χ0v) is 9.34. The van der Waals surface area contributed by atoms with Crippen molar-refractivity contribution in [1.82, 2.24) is 4.98 Å². The topological polar surface area (TPSA) is 59.2 Å². The Balaban J connectivity index is 2.78. The van der Waals surface area contributed by atoms with Gasteiger partial charge in [-0.2, -0.15) is 0 Å². The zero-order chi connectivity index (χ0) is 11.4. The van der Waals surface area contributed by atoms with Gasteiger partial charge in [0.15, 0.2) is 0 Å². The summed E-state index contributed by atoms with van der Waals surface area (Å²) in [6.45, 7) is 3.86. The van der Waals surface area contributed by atoms with Crippen molar-refractivity contribution in [2.75, 3.05) is 11.9 Å². The number of hydrogen-bond acceptors (Lipinski definition) is 3. The first kappa shape index (κ1) is 11.7. The Kier molecular flexibility index (Phi) is 3.80. The second-order valence-electron chi connectivity index (χ2n) is 3.88. The standard InChI is InChI=1S/C11H17N3O/c1-8(2)10(12)11(15)14(3)9-5-4-6-13-7-9/h4-8,10H,12H2,1-3H3/t10-/m1/s1. The highest BCUT2D eigenvalue weighted by atomic mass is 16.2. The molecule has 0 saturated carbocycles. The lowest BCUT2D eigenvalue weighted by Gasteiger charge is -2.23. The third kappa shape index (κ3) is 2.76. The van der Waals surface area contributed by atoms with Crippen molar-refractivity contribution in [1.29, 1.82) is 0 Å². The number of hydrogen-bond donors (Lipinski definition) is 1. The number of nitrogens with zero attached hydrogens (tertiary/aromatic N) is 2. The maximum Gasteiger partial charge on any atom is 0.243 e. The molecular weight excluding hydrogens is 190 g/mol. The minimum atomic E-state index is -0.463. The van der Waals surface area contributed by atoms with Crippen LogP contribution in [0.1, 0.15) is 13.8 Å². The fraction of sp³-hybridized carbons (Fsp3) is 0.455. The van der Waals surface area contributed by atoms with Gasteiger partial charge < -0.3 is 10.6 Å². The Morgan fingerprint density at radius 2 is 2.20 bits per heavy atom. The SMILES string of the molecule is CC(C)[C@@H](N)C(=O)N(C)c1cccnc1. The maximum absolute atomic E-state index is 11.9. The quantitative estimate of drug-likeness (QED) is 0.805. The molecule has 1 atom stereocenters. The fourth-order valence-electron chi connectivity index (χ4n) is 1.19. The highest BCUT2D eigenvalue weighted by molar-refractivity contribution is 5.96. The van der Waals surface area contributed by atoms with Crippen LogP contribution >= 0.6 is 0 Å². The predicted octanol–water partition coefficient (Wildman–Crippen LogP) is 1.03. The molecule has 0 saturated heterocycles. The summed E-state index contributed by atoms with van der Waals surface area (Å²) in [5.74, 6) is 0.0506. The number of rotatable bonds is 3. The largest absolute Gasteiger partial charge is 0.320 e. The van der Waals surface area contributed by atoms with Crippen LogP contribution < -0.4 is 10.6 Å². The molecule has 1 aromatic heterocycles. The molecule has 0 aliphatic carbocycles. The molecule has 1 rings (SSSR count). The van der Waals surface area contributed by atoms with Crippen LogP contribution in [0.2, 0.25) is 0 Å². The van der Waals surface area contributed by atoms with Crippen molar-refractivity contribution in [2.24, 2.45) is 11.7 Å². The molecule has 0 aliphatic rings. The summed E-state index contributed by atoms with van der Waals surface area (Å²) in [6, 6.07) is 3.16. The minimum Gasteiger partial charge on any atom is -0.320 e. The van der Waals surface area contributed by atoms with Gasteiger partial charge in [0.2, 0.25) is 5.91 Å². The molecule has 0 fully saturated rings. The lowest BCUT2D eigenvalue weighted by atomic mass is 10.0. The lowest BCUT2D eigenvalue weighted by molar-refractivity contribution is -0.120. The van der Waals surface area contributed by atoms with Gasteiger partial charge in [-0.15, -0.1) is 0 Å². The normalized spacial score (nSPS) is 12.6. The first-order valence-corrected chi connectivity index (χ1v) is 4.97. The van der Waals surface area contributed by atoms with Crippen LogP contribution in [0.5, 0.6) is 0 Å². The Hall–Kier alpha value is -1.42. The van der Waals surface area contributed by atoms with E-state index in [2.05, 4.69) is 4.98 Å². The molecule has 0 aliphatic heterocycles. The van der Waals surface area contributed by atoms with Crippen molar-refractivity contribution in [3.05, 3.63) is 24.5 Å². The summed E-state index contributed by atoms with van der Waals surface area (Å²) >= 11 is 0. The molecule has 15 heavy (non-hydrogen) atoms. The Bertz CT molecular complexity index is 324. The van der Waals surface area contributed by atoms with Gasteiger partial charge in [0, 0.05) is 13.2 Å². The summed E-state index contributed by atoms with van der Waals surface area (Å²) in [7, 11) is 1.71. The van der Waals surface area contributed by atoms with E-state index in [0.29, 0.717) is 0 Å². The van der Waals surface area contributed by atoms with E-state index in [1.165, 1.54) is 4.90 Å². The van der Waals surface area contributed by atoms with E-state index in [1.54, 1.807) is 25.5 Å². The molecule has 1 amide bonds. The van der Waals surface area contributed by atoms with Gasteiger partial charge in [0.1, 0.15) is 0 Å². The van der Waals surface area contributed by atoms with Crippen molar-refractivity contribution >= 4 is 11.6 Å². The van der Waals surface area contributed by atoms with E-state index in [1.807, 2.05) is 19.9 Å². The molecule has 0 aromatic carbocycles. The Labute approximate surface area is 90.1 Å². The van der Waals surface area contributed by atoms with Crippen LogP contribution in [0.25, 0.3) is 0 Å². The summed E-state index contributed by atoms with van der Waals surface area (Å²) < 4.78 is 0. The van der Waals surface area contributed by atoms with Crippen molar-refractivity contribution in [2.45, 2.75) is 19.9 Å². The molecule has 0 spiro atoms. The molecule has 0 unspecified atom stereocenters. The van der Waals surface area contributed by atoms with Crippen molar-refractivity contribution in [3.63, 3.8) is 0 Å². The average molecular weight is 207 g/mol. The second kappa shape index (κ2) is 4.89. The van der Waals surface area contributed by atoms with E-state index < -0.39 is 6.04 Å². The number of likely N-dealkylation sites (N-methyl/N-ethyl adjacent to an activating group) is 1. The molecule has 4 heteroatoms. The monoisotopic (exact) mass is 207 g/mol. The van der Waals surface area contributed by atoms with Crippen LogP contribution in [0, 0.1) is 5.92 Å². The van der Waals surface area contributed by atoms with Gasteiger partial charge in [0.05, 0.1) is 17.9 Å². The van der Waals surface area contributed by atoms with Crippen LogP contribution in [0.4, 0.5) is 5.69 Å². The summed E-state index contributed by atoms with van der Waals surface area (Å²) in [5.41, 5.74) is 6.55. The maximum atomic E-state index is 11.9. The first-order valence-electron chi connectivity index (χ1n) is 4.97. The molecule has 0 bridgehead atoms. The third-order valence-electron chi connectivity index (χ3n) is 2.37. The van der Waals surface area contributed by atoms with Crippen molar-refractivity contribution in [3.8, 4) is 0 Å². The highest BCUT2D eigenvalue weighted by Gasteiger charge is 2.21. The fourth-order valence-corrected chi connectivity index (χ4v) is 1.19. The summed E-state index contributed by atoms with van der Waals surface area (Å²) in [6.07, 6.45) is 3.31. The van der Waals surface area contributed by atoms with Crippen LogP contribution in [-0.4, -0.2) is 24.0 Å². The average Bonchev–Trinajstić information content (AvgIpc) is 2.27. The van der Waals surface area contributed by atoms with Gasteiger partial charge in [-0.3, -0.25) is 9.78 Å². The smallest absolute Gasteiger partial charge is 0.243 e. The van der Waals surface area contributed by atoms with E-state index in [-0.39, 0.29) is 11.8 Å². The molecular formula is C11H17N3O. The van der Waals surface area contributed by atoms with Gasteiger partial charge >= 0.3 is 0 Å². The number of carbonyl (C=O) groups is 1. The van der Waals surface area contributed by atoms with Crippen LogP contribution in [0.15, 0.2) is 24.5 Å². The number of aromatic nitrogens is 1. The minimum absolute atomic E-state index is 0.0852. The predicted molar refractivity (Wildman–Crippen MR) is 60.5 cm³/mol. The second-order valence-corrected chi connectivity index (χ2v) is 3.88. The molecule has 0 radical (unpaired) electrons. The lowest BCUT2D eigenvalue weighted by Crippen LogP contribution is -2.45. The third-order valence-corrected chi connectivity index (χ3v) is 2.37. The highest BCUT2D eigenvalue weighted by Crippen LogP contribution is 2.12.